The van der Waals surface area contributed by atoms with Crippen LogP contribution in [-0.4, -0.2) is 45.0 Å². The highest BCUT2D eigenvalue weighted by Crippen LogP contribution is 2.44. The molecular formula is C16H26Cl2N2O3. The molecule has 0 saturated carbocycles. The Morgan fingerprint density at radius 3 is 2.61 bits per heavy atom. The normalized spacial score (nSPS) is 17.8. The van der Waals surface area contributed by atoms with Gasteiger partial charge in [-0.05, 0) is 24.1 Å². The fourth-order valence-electron chi connectivity index (χ4n) is 3.17. The van der Waals surface area contributed by atoms with Crippen LogP contribution in [0.5, 0.6) is 17.2 Å². The molecule has 23 heavy (non-hydrogen) atoms. The molecule has 2 aliphatic heterocycles. The van der Waals surface area contributed by atoms with E-state index in [1.807, 2.05) is 0 Å². The summed E-state index contributed by atoms with van der Waals surface area (Å²) in [7, 11) is 1.68. The van der Waals surface area contributed by atoms with Crippen molar-refractivity contribution in [1.29, 1.82) is 0 Å². The van der Waals surface area contributed by atoms with E-state index in [1.165, 1.54) is 5.56 Å². The first-order valence-corrected chi connectivity index (χ1v) is 7.75. The number of piperazine rings is 1. The Bertz CT molecular complexity index is 496. The first-order valence-electron chi connectivity index (χ1n) is 7.75. The molecule has 0 aliphatic carbocycles. The fraction of sp³-hybridized carbons (Fsp3) is 0.625. The van der Waals surface area contributed by atoms with Crippen LogP contribution in [0.15, 0.2) is 12.1 Å². The lowest BCUT2D eigenvalue weighted by molar-refractivity contribution is 0.163. The number of nitrogens with zero attached hydrogens (tertiary/aromatic N) is 1. The molecule has 7 heteroatoms. The lowest BCUT2D eigenvalue weighted by Crippen LogP contribution is -2.45. The first kappa shape index (κ1) is 20.2. The molecule has 0 aromatic heterocycles. The minimum atomic E-state index is 0. The first-order chi connectivity index (χ1) is 10.3. The Kier molecular flexibility index (Phi) is 8.26. The van der Waals surface area contributed by atoms with Crippen molar-refractivity contribution in [3.8, 4) is 17.2 Å². The number of rotatable bonds is 5. The summed E-state index contributed by atoms with van der Waals surface area (Å²) in [6, 6.07) is 4.64. The third-order valence-corrected chi connectivity index (χ3v) is 4.22. The Hall–Kier alpha value is -0.880. The topological polar surface area (TPSA) is 43.0 Å². The molecule has 132 valence electrons. The second-order valence-electron chi connectivity index (χ2n) is 5.55. The Labute approximate surface area is 150 Å². The van der Waals surface area contributed by atoms with Crippen LogP contribution in [-0.2, 0) is 0 Å². The maximum Gasteiger partial charge on any atom is 0.231 e. The predicted octanol–water partition coefficient (Wildman–Crippen LogP) is 3.01. The number of benzene rings is 1. The maximum atomic E-state index is 5.56. The van der Waals surface area contributed by atoms with E-state index in [1.54, 1.807) is 7.11 Å². The third kappa shape index (κ3) is 4.35. The highest BCUT2D eigenvalue weighted by molar-refractivity contribution is 5.85. The summed E-state index contributed by atoms with van der Waals surface area (Å²) in [6.07, 6.45) is 2.30. The van der Waals surface area contributed by atoms with E-state index in [2.05, 4.69) is 29.3 Å². The number of hydrogen-bond acceptors (Lipinski definition) is 5. The number of hydrogen-bond donors (Lipinski definition) is 1. The van der Waals surface area contributed by atoms with Gasteiger partial charge in [-0.3, -0.25) is 4.90 Å². The summed E-state index contributed by atoms with van der Waals surface area (Å²) < 4.78 is 16.5. The molecule has 0 bridgehead atoms. The summed E-state index contributed by atoms with van der Waals surface area (Å²) in [4.78, 5) is 2.55. The lowest BCUT2D eigenvalue weighted by Gasteiger charge is -2.35. The van der Waals surface area contributed by atoms with E-state index < -0.39 is 0 Å². The number of halogens is 2. The van der Waals surface area contributed by atoms with Gasteiger partial charge in [-0.1, -0.05) is 13.3 Å². The third-order valence-electron chi connectivity index (χ3n) is 4.22. The van der Waals surface area contributed by atoms with Crippen LogP contribution >= 0.6 is 24.8 Å². The molecule has 1 atom stereocenters. The van der Waals surface area contributed by atoms with Crippen LogP contribution in [0.4, 0.5) is 0 Å². The van der Waals surface area contributed by atoms with E-state index in [-0.39, 0.29) is 31.6 Å². The largest absolute Gasteiger partial charge is 0.493 e. The van der Waals surface area contributed by atoms with E-state index in [0.717, 1.165) is 56.3 Å². The summed E-state index contributed by atoms with van der Waals surface area (Å²) in [5, 5.41) is 3.42. The van der Waals surface area contributed by atoms with Gasteiger partial charge in [0.25, 0.3) is 0 Å². The zero-order valence-corrected chi connectivity index (χ0v) is 15.3. The predicted molar refractivity (Wildman–Crippen MR) is 95.7 cm³/mol. The van der Waals surface area contributed by atoms with Gasteiger partial charge in [-0.25, -0.2) is 0 Å². The minimum absolute atomic E-state index is 0. The van der Waals surface area contributed by atoms with Crippen molar-refractivity contribution < 1.29 is 14.2 Å². The van der Waals surface area contributed by atoms with Crippen LogP contribution in [0.2, 0.25) is 0 Å². The molecular weight excluding hydrogens is 339 g/mol. The molecule has 2 aliphatic rings. The average Bonchev–Trinajstić information content (AvgIpc) is 3.01. The van der Waals surface area contributed by atoms with Crippen LogP contribution in [0.3, 0.4) is 0 Å². The smallest absolute Gasteiger partial charge is 0.231 e. The van der Waals surface area contributed by atoms with Crippen LogP contribution in [0.1, 0.15) is 31.4 Å². The van der Waals surface area contributed by atoms with Crippen molar-refractivity contribution in [2.75, 3.05) is 40.1 Å². The van der Waals surface area contributed by atoms with Gasteiger partial charge in [0.1, 0.15) is 0 Å². The molecule has 3 rings (SSSR count). The van der Waals surface area contributed by atoms with Gasteiger partial charge in [-0.15, -0.1) is 24.8 Å². The van der Waals surface area contributed by atoms with Gasteiger partial charge in [0, 0.05) is 32.2 Å². The average molecular weight is 365 g/mol. The van der Waals surface area contributed by atoms with Gasteiger partial charge < -0.3 is 19.5 Å². The standard InChI is InChI=1S/C16H24N2O3.2ClH/c1-3-4-13(18-7-5-17-6-8-18)12-9-14(19-2)16-15(10-12)20-11-21-16;;/h9-10,13,17H,3-8,11H2,1-2H3;2*1H/t13-;;/m1../s1. The van der Waals surface area contributed by atoms with Crippen molar-refractivity contribution in [3.63, 3.8) is 0 Å². The summed E-state index contributed by atoms with van der Waals surface area (Å²) in [6.45, 7) is 6.80. The summed E-state index contributed by atoms with van der Waals surface area (Å²) in [5.74, 6) is 2.31. The Balaban J connectivity index is 0.00000132. The van der Waals surface area contributed by atoms with Gasteiger partial charge in [0.15, 0.2) is 11.5 Å². The van der Waals surface area contributed by atoms with Crippen molar-refractivity contribution in [2.45, 2.75) is 25.8 Å². The van der Waals surface area contributed by atoms with Crippen molar-refractivity contribution in [1.82, 2.24) is 10.2 Å². The van der Waals surface area contributed by atoms with Crippen molar-refractivity contribution in [2.24, 2.45) is 0 Å². The van der Waals surface area contributed by atoms with E-state index in [0.29, 0.717) is 6.04 Å². The van der Waals surface area contributed by atoms with Crippen LogP contribution in [0, 0.1) is 0 Å². The molecule has 0 radical (unpaired) electrons. The molecule has 1 N–H and O–H groups in total. The molecule has 0 unspecified atom stereocenters. The number of nitrogens with one attached hydrogen (secondary N) is 1. The quantitative estimate of drug-likeness (QED) is 0.869. The van der Waals surface area contributed by atoms with Gasteiger partial charge in [0.05, 0.1) is 7.11 Å². The molecule has 0 amide bonds. The second kappa shape index (κ2) is 9.42. The molecule has 1 aromatic carbocycles. The molecule has 5 nitrogen and oxygen atoms in total. The summed E-state index contributed by atoms with van der Waals surface area (Å²) >= 11 is 0. The molecule has 1 saturated heterocycles. The molecule has 1 fully saturated rings. The zero-order valence-electron chi connectivity index (χ0n) is 13.7. The summed E-state index contributed by atoms with van der Waals surface area (Å²) in [5.41, 5.74) is 1.26. The number of fused-ring (bicyclic) bond motifs is 1. The maximum absolute atomic E-state index is 5.56. The highest BCUT2D eigenvalue weighted by Gasteiger charge is 2.26. The number of methoxy groups -OCH3 is 1. The number of ether oxygens (including phenoxy) is 3. The van der Waals surface area contributed by atoms with E-state index >= 15 is 0 Å². The van der Waals surface area contributed by atoms with E-state index in [9.17, 15) is 0 Å². The molecule has 2 heterocycles. The van der Waals surface area contributed by atoms with Crippen molar-refractivity contribution >= 4 is 24.8 Å². The SMILES string of the molecule is CCC[C@H](c1cc(OC)c2c(c1)OCO2)N1CCNCC1.Cl.Cl. The highest BCUT2D eigenvalue weighted by atomic mass is 35.5. The monoisotopic (exact) mass is 364 g/mol. The lowest BCUT2D eigenvalue weighted by atomic mass is 9.99. The van der Waals surface area contributed by atoms with Crippen LogP contribution < -0.4 is 19.5 Å². The Morgan fingerprint density at radius 1 is 1.22 bits per heavy atom. The fourth-order valence-corrected chi connectivity index (χ4v) is 3.17. The van der Waals surface area contributed by atoms with Gasteiger partial charge in [0.2, 0.25) is 12.5 Å². The molecule has 1 aromatic rings. The second-order valence-corrected chi connectivity index (χ2v) is 5.55. The van der Waals surface area contributed by atoms with E-state index in [4.69, 9.17) is 14.2 Å². The minimum Gasteiger partial charge on any atom is -0.493 e. The Morgan fingerprint density at radius 2 is 1.96 bits per heavy atom. The van der Waals surface area contributed by atoms with Gasteiger partial charge in [-0.2, -0.15) is 0 Å². The van der Waals surface area contributed by atoms with Crippen molar-refractivity contribution in [3.05, 3.63) is 17.7 Å². The van der Waals surface area contributed by atoms with Gasteiger partial charge >= 0.3 is 0 Å². The zero-order chi connectivity index (χ0) is 14.7. The van der Waals surface area contributed by atoms with Crippen LogP contribution in [0.25, 0.3) is 0 Å². The molecule has 0 spiro atoms.